The van der Waals surface area contributed by atoms with E-state index < -0.39 is 0 Å². The van der Waals surface area contributed by atoms with Crippen molar-refractivity contribution in [3.8, 4) is 5.75 Å². The van der Waals surface area contributed by atoms with E-state index >= 15 is 0 Å². The zero-order valence-corrected chi connectivity index (χ0v) is 9.96. The Balaban J connectivity index is 2.40. The molecular formula is C11H18OSi. The molecular weight excluding hydrogens is 176 g/mol. The summed E-state index contributed by atoms with van der Waals surface area (Å²) in [5, 5.41) is 0. The van der Waals surface area contributed by atoms with Gasteiger partial charge in [-0.25, -0.2) is 0 Å². The summed E-state index contributed by atoms with van der Waals surface area (Å²) < 4.78 is 5.11. The van der Waals surface area contributed by atoms with Crippen LogP contribution in [0, 0.1) is 0 Å². The van der Waals surface area contributed by atoms with E-state index in [1.807, 2.05) is 0 Å². The van der Waals surface area contributed by atoms with Crippen LogP contribution in [0.25, 0.3) is 0 Å². The van der Waals surface area contributed by atoms with Crippen LogP contribution >= 0.6 is 0 Å². The molecule has 0 atom stereocenters. The number of hydrogen-bond donors (Lipinski definition) is 0. The lowest BCUT2D eigenvalue weighted by atomic mass is 10.2. The minimum Gasteiger partial charge on any atom is -0.497 e. The van der Waals surface area contributed by atoms with Gasteiger partial charge in [0.1, 0.15) is 5.75 Å². The SMILES string of the molecule is CCC[SiH2]Cc1ccc(OC)cc1. The Hall–Kier alpha value is -0.763. The number of benzene rings is 1. The molecule has 0 aliphatic carbocycles. The predicted octanol–water partition coefficient (Wildman–Crippen LogP) is 2.19. The monoisotopic (exact) mass is 194 g/mol. The smallest absolute Gasteiger partial charge is 0.118 e. The third-order valence-electron chi connectivity index (χ3n) is 2.23. The lowest BCUT2D eigenvalue weighted by Gasteiger charge is -2.02. The van der Waals surface area contributed by atoms with Gasteiger partial charge in [-0.1, -0.05) is 37.1 Å². The van der Waals surface area contributed by atoms with Crippen molar-refractivity contribution in [2.45, 2.75) is 25.4 Å². The molecule has 0 bridgehead atoms. The van der Waals surface area contributed by atoms with Crippen LogP contribution < -0.4 is 4.74 Å². The summed E-state index contributed by atoms with van der Waals surface area (Å²) in [5.41, 5.74) is 1.47. The van der Waals surface area contributed by atoms with E-state index in [-0.39, 0.29) is 9.52 Å². The summed E-state index contributed by atoms with van der Waals surface area (Å²) in [6.07, 6.45) is 1.35. The first-order chi connectivity index (χ1) is 6.36. The third kappa shape index (κ3) is 3.64. The van der Waals surface area contributed by atoms with Crippen LogP contribution in [0.1, 0.15) is 18.9 Å². The lowest BCUT2D eigenvalue weighted by Crippen LogP contribution is -1.95. The maximum Gasteiger partial charge on any atom is 0.118 e. The Morgan fingerprint density at radius 2 is 1.92 bits per heavy atom. The fourth-order valence-electron chi connectivity index (χ4n) is 1.37. The number of hydrogen-bond acceptors (Lipinski definition) is 1. The lowest BCUT2D eigenvalue weighted by molar-refractivity contribution is 0.414. The van der Waals surface area contributed by atoms with E-state index in [0.717, 1.165) is 5.75 Å². The summed E-state index contributed by atoms with van der Waals surface area (Å²) in [5.74, 6) is 0.959. The van der Waals surface area contributed by atoms with Gasteiger partial charge in [0.05, 0.1) is 7.11 Å². The van der Waals surface area contributed by atoms with Crippen molar-refractivity contribution in [3.63, 3.8) is 0 Å². The first-order valence-corrected chi connectivity index (χ1v) is 6.99. The Kier molecular flexibility index (Phi) is 4.61. The van der Waals surface area contributed by atoms with Gasteiger partial charge >= 0.3 is 0 Å². The van der Waals surface area contributed by atoms with Gasteiger partial charge in [0.15, 0.2) is 0 Å². The van der Waals surface area contributed by atoms with E-state index in [9.17, 15) is 0 Å². The van der Waals surface area contributed by atoms with Gasteiger partial charge in [0.2, 0.25) is 0 Å². The quantitative estimate of drug-likeness (QED) is 0.516. The molecule has 1 aromatic rings. The van der Waals surface area contributed by atoms with E-state index in [1.54, 1.807) is 7.11 Å². The van der Waals surface area contributed by atoms with Gasteiger partial charge in [-0.3, -0.25) is 0 Å². The van der Waals surface area contributed by atoms with Gasteiger partial charge in [-0.05, 0) is 18.2 Å². The Labute approximate surface area is 82.9 Å². The van der Waals surface area contributed by atoms with Crippen LogP contribution in [-0.4, -0.2) is 16.6 Å². The molecule has 0 saturated carbocycles. The molecule has 0 aromatic heterocycles. The molecule has 0 aliphatic heterocycles. The number of ether oxygens (including phenoxy) is 1. The van der Waals surface area contributed by atoms with Crippen molar-refractivity contribution in [2.75, 3.05) is 7.11 Å². The molecule has 0 amide bonds. The van der Waals surface area contributed by atoms with E-state index in [4.69, 9.17) is 4.74 Å². The molecule has 1 aromatic carbocycles. The highest BCUT2D eigenvalue weighted by Crippen LogP contribution is 2.11. The van der Waals surface area contributed by atoms with Crippen LogP contribution in [0.15, 0.2) is 24.3 Å². The highest BCUT2D eigenvalue weighted by atomic mass is 28.2. The molecule has 0 heterocycles. The van der Waals surface area contributed by atoms with Gasteiger partial charge in [0.25, 0.3) is 0 Å². The van der Waals surface area contributed by atoms with Crippen LogP contribution in [0.5, 0.6) is 5.75 Å². The van der Waals surface area contributed by atoms with Crippen molar-refractivity contribution in [2.24, 2.45) is 0 Å². The molecule has 13 heavy (non-hydrogen) atoms. The van der Waals surface area contributed by atoms with E-state index in [0.29, 0.717) is 0 Å². The van der Waals surface area contributed by atoms with E-state index in [1.165, 1.54) is 24.1 Å². The molecule has 2 heteroatoms. The fraction of sp³-hybridized carbons (Fsp3) is 0.455. The minimum atomic E-state index is 0.154. The average molecular weight is 194 g/mol. The highest BCUT2D eigenvalue weighted by Gasteiger charge is 1.94. The second-order valence-corrected chi connectivity index (χ2v) is 5.22. The van der Waals surface area contributed by atoms with Crippen molar-refractivity contribution in [1.29, 1.82) is 0 Å². The second kappa shape index (κ2) is 5.81. The molecule has 72 valence electrons. The van der Waals surface area contributed by atoms with Crippen LogP contribution in [0.2, 0.25) is 6.04 Å². The topological polar surface area (TPSA) is 9.23 Å². The number of methoxy groups -OCH3 is 1. The van der Waals surface area contributed by atoms with Crippen molar-refractivity contribution < 1.29 is 4.74 Å². The molecule has 0 saturated heterocycles. The molecule has 1 nitrogen and oxygen atoms in total. The van der Waals surface area contributed by atoms with Crippen molar-refractivity contribution in [3.05, 3.63) is 29.8 Å². The predicted molar refractivity (Wildman–Crippen MR) is 60.3 cm³/mol. The largest absolute Gasteiger partial charge is 0.497 e. The Bertz CT molecular complexity index is 230. The molecule has 1 rings (SSSR count). The van der Waals surface area contributed by atoms with Crippen molar-refractivity contribution in [1.82, 2.24) is 0 Å². The molecule has 0 N–H and O–H groups in total. The zero-order valence-electron chi connectivity index (χ0n) is 8.55. The summed E-state index contributed by atoms with van der Waals surface area (Å²) in [7, 11) is 1.86. The summed E-state index contributed by atoms with van der Waals surface area (Å²) in [4.78, 5) is 0. The summed E-state index contributed by atoms with van der Waals surface area (Å²) in [6, 6.07) is 11.3. The van der Waals surface area contributed by atoms with Crippen LogP contribution in [-0.2, 0) is 6.04 Å². The first kappa shape index (κ1) is 10.3. The van der Waals surface area contributed by atoms with E-state index in [2.05, 4.69) is 31.2 Å². The molecule has 0 unspecified atom stereocenters. The van der Waals surface area contributed by atoms with Gasteiger partial charge < -0.3 is 4.74 Å². The van der Waals surface area contributed by atoms with Gasteiger partial charge in [-0.15, -0.1) is 0 Å². The van der Waals surface area contributed by atoms with Crippen molar-refractivity contribution >= 4 is 9.52 Å². The fourth-order valence-corrected chi connectivity index (χ4v) is 2.86. The summed E-state index contributed by atoms with van der Waals surface area (Å²) in [6.45, 7) is 2.26. The Morgan fingerprint density at radius 1 is 1.23 bits per heavy atom. The standard InChI is InChI=1S/C11H18OSi/c1-3-8-13-9-10-4-6-11(12-2)7-5-10/h4-7H,3,8-9,13H2,1-2H3. The molecule has 0 aliphatic rings. The average Bonchev–Trinajstić information content (AvgIpc) is 2.19. The minimum absolute atomic E-state index is 0.154. The Morgan fingerprint density at radius 3 is 2.46 bits per heavy atom. The third-order valence-corrected chi connectivity index (χ3v) is 4.37. The van der Waals surface area contributed by atoms with Crippen LogP contribution in [0.3, 0.4) is 0 Å². The normalized spacial score (nSPS) is 10.9. The van der Waals surface area contributed by atoms with Gasteiger partial charge in [0, 0.05) is 9.52 Å². The molecule has 0 spiro atoms. The van der Waals surface area contributed by atoms with Gasteiger partial charge in [-0.2, -0.15) is 0 Å². The number of rotatable bonds is 5. The van der Waals surface area contributed by atoms with Crippen LogP contribution in [0.4, 0.5) is 0 Å². The molecule has 0 radical (unpaired) electrons. The maximum absolute atomic E-state index is 5.11. The zero-order chi connectivity index (χ0) is 9.52. The first-order valence-electron chi connectivity index (χ1n) is 4.99. The second-order valence-electron chi connectivity index (χ2n) is 3.31. The summed E-state index contributed by atoms with van der Waals surface area (Å²) >= 11 is 0. The molecule has 0 fully saturated rings. The highest BCUT2D eigenvalue weighted by molar-refractivity contribution is 6.34. The maximum atomic E-state index is 5.11.